The Bertz CT molecular complexity index is 605. The molecule has 0 aliphatic carbocycles. The summed E-state index contributed by atoms with van der Waals surface area (Å²) in [5.41, 5.74) is 6.53. The molecule has 1 aromatic carbocycles. The van der Waals surface area contributed by atoms with Crippen molar-refractivity contribution < 1.29 is 4.79 Å². The normalized spacial score (nSPS) is 12.1. The van der Waals surface area contributed by atoms with Crippen molar-refractivity contribution in [3.8, 4) is 0 Å². The van der Waals surface area contributed by atoms with E-state index in [1.807, 2.05) is 31.2 Å². The minimum atomic E-state index is -0.0573. The number of rotatable bonds is 5. The van der Waals surface area contributed by atoms with E-state index >= 15 is 0 Å². The first-order valence-electron chi connectivity index (χ1n) is 5.82. The topological polar surface area (TPSA) is 80.9 Å². The standard InChI is InChI=1S/C12H13BrN4OS2/c1-7(8-4-2-3-5-9(8)13)15-10(18)6-19-12-17-16-11(14)20-12/h2-5,7H,6H2,1H3,(H2,14,16)(H,15,18). The maximum atomic E-state index is 11.9. The lowest BCUT2D eigenvalue weighted by molar-refractivity contribution is -0.119. The zero-order valence-electron chi connectivity index (χ0n) is 10.7. The van der Waals surface area contributed by atoms with Crippen molar-refractivity contribution in [3.63, 3.8) is 0 Å². The number of carbonyl (C=O) groups is 1. The number of amides is 1. The molecule has 20 heavy (non-hydrogen) atoms. The van der Waals surface area contributed by atoms with Gasteiger partial charge in [-0.2, -0.15) is 0 Å². The number of anilines is 1. The largest absolute Gasteiger partial charge is 0.374 e. The third-order valence-electron chi connectivity index (χ3n) is 2.50. The van der Waals surface area contributed by atoms with Crippen LogP contribution in [-0.2, 0) is 4.79 Å². The van der Waals surface area contributed by atoms with E-state index in [4.69, 9.17) is 5.73 Å². The third-order valence-corrected chi connectivity index (χ3v) is 5.11. The van der Waals surface area contributed by atoms with Gasteiger partial charge in [-0.3, -0.25) is 4.79 Å². The fourth-order valence-electron chi connectivity index (χ4n) is 1.59. The smallest absolute Gasteiger partial charge is 0.230 e. The lowest BCUT2D eigenvalue weighted by Crippen LogP contribution is -2.28. The molecule has 2 aromatic rings. The van der Waals surface area contributed by atoms with Crippen LogP contribution in [0.15, 0.2) is 33.1 Å². The van der Waals surface area contributed by atoms with E-state index in [-0.39, 0.29) is 11.9 Å². The molecule has 0 bridgehead atoms. The van der Waals surface area contributed by atoms with Gasteiger partial charge in [0.25, 0.3) is 0 Å². The molecule has 106 valence electrons. The number of aromatic nitrogens is 2. The monoisotopic (exact) mass is 372 g/mol. The van der Waals surface area contributed by atoms with Gasteiger partial charge in [0.2, 0.25) is 11.0 Å². The van der Waals surface area contributed by atoms with Gasteiger partial charge in [-0.1, -0.05) is 57.2 Å². The molecule has 8 heteroatoms. The quantitative estimate of drug-likeness (QED) is 0.788. The van der Waals surface area contributed by atoms with Crippen LogP contribution in [0.4, 0.5) is 5.13 Å². The van der Waals surface area contributed by atoms with Crippen molar-refractivity contribution in [2.24, 2.45) is 0 Å². The van der Waals surface area contributed by atoms with E-state index in [0.717, 1.165) is 10.0 Å². The van der Waals surface area contributed by atoms with Gasteiger partial charge in [0.1, 0.15) is 0 Å². The van der Waals surface area contributed by atoms with E-state index in [9.17, 15) is 4.79 Å². The summed E-state index contributed by atoms with van der Waals surface area (Å²) in [4.78, 5) is 11.9. The van der Waals surface area contributed by atoms with Crippen molar-refractivity contribution in [1.82, 2.24) is 15.5 Å². The number of nitrogens with one attached hydrogen (secondary N) is 1. The Kier molecular flexibility index (Phi) is 5.38. The van der Waals surface area contributed by atoms with Crippen LogP contribution in [0.25, 0.3) is 0 Å². The number of benzene rings is 1. The fourth-order valence-corrected chi connectivity index (χ4v) is 3.67. The van der Waals surface area contributed by atoms with Crippen LogP contribution < -0.4 is 11.1 Å². The van der Waals surface area contributed by atoms with Crippen LogP contribution in [0.3, 0.4) is 0 Å². The summed E-state index contributed by atoms with van der Waals surface area (Å²) in [5, 5.41) is 10.9. The summed E-state index contributed by atoms with van der Waals surface area (Å²) in [6, 6.07) is 7.77. The van der Waals surface area contributed by atoms with Crippen molar-refractivity contribution >= 4 is 50.1 Å². The summed E-state index contributed by atoms with van der Waals surface area (Å²) in [6.45, 7) is 1.95. The predicted octanol–water partition coefficient (Wildman–Crippen LogP) is 2.85. The lowest BCUT2D eigenvalue weighted by Gasteiger charge is -2.15. The third kappa shape index (κ3) is 4.19. The van der Waals surface area contributed by atoms with E-state index in [2.05, 4.69) is 31.4 Å². The summed E-state index contributed by atoms with van der Waals surface area (Å²) < 4.78 is 1.68. The molecule has 0 saturated carbocycles. The molecular weight excluding hydrogens is 360 g/mol. The molecule has 1 atom stereocenters. The molecule has 1 unspecified atom stereocenters. The van der Waals surface area contributed by atoms with Crippen molar-refractivity contribution in [3.05, 3.63) is 34.3 Å². The minimum absolute atomic E-state index is 0.0491. The molecule has 1 heterocycles. The van der Waals surface area contributed by atoms with Gasteiger partial charge in [-0.15, -0.1) is 10.2 Å². The number of nitrogens with zero attached hydrogens (tertiary/aromatic N) is 2. The minimum Gasteiger partial charge on any atom is -0.374 e. The van der Waals surface area contributed by atoms with Gasteiger partial charge in [-0.25, -0.2) is 0 Å². The van der Waals surface area contributed by atoms with Crippen LogP contribution in [0.2, 0.25) is 0 Å². The molecule has 0 fully saturated rings. The molecular formula is C12H13BrN4OS2. The summed E-state index contributed by atoms with van der Waals surface area (Å²) in [7, 11) is 0. The second-order valence-corrected chi connectivity index (χ2v) is 7.09. The van der Waals surface area contributed by atoms with Crippen molar-refractivity contribution in [2.75, 3.05) is 11.5 Å². The summed E-state index contributed by atoms with van der Waals surface area (Å²) in [5.74, 6) is 0.246. The van der Waals surface area contributed by atoms with Crippen LogP contribution in [0, 0.1) is 0 Å². The second kappa shape index (κ2) is 7.05. The number of carbonyl (C=O) groups excluding carboxylic acids is 1. The number of nitrogens with two attached hydrogens (primary N) is 1. The number of thioether (sulfide) groups is 1. The van der Waals surface area contributed by atoms with E-state index in [1.54, 1.807) is 0 Å². The highest BCUT2D eigenvalue weighted by molar-refractivity contribution is 9.10. The van der Waals surface area contributed by atoms with E-state index in [1.165, 1.54) is 23.1 Å². The fraction of sp³-hybridized carbons (Fsp3) is 0.250. The number of halogens is 1. The Hall–Kier alpha value is -1.12. The number of nitrogen functional groups attached to an aromatic ring is 1. The SMILES string of the molecule is CC(NC(=O)CSc1nnc(N)s1)c1ccccc1Br. The van der Waals surface area contributed by atoms with Crippen LogP contribution in [0.1, 0.15) is 18.5 Å². The lowest BCUT2D eigenvalue weighted by atomic mass is 10.1. The zero-order chi connectivity index (χ0) is 14.5. The van der Waals surface area contributed by atoms with Crippen LogP contribution >= 0.6 is 39.0 Å². The maximum Gasteiger partial charge on any atom is 0.230 e. The summed E-state index contributed by atoms with van der Waals surface area (Å²) in [6.07, 6.45) is 0. The van der Waals surface area contributed by atoms with Gasteiger partial charge < -0.3 is 11.1 Å². The maximum absolute atomic E-state index is 11.9. The molecule has 0 aliphatic rings. The molecule has 0 spiro atoms. The van der Waals surface area contributed by atoms with E-state index in [0.29, 0.717) is 15.2 Å². The highest BCUT2D eigenvalue weighted by atomic mass is 79.9. The number of hydrogen-bond acceptors (Lipinski definition) is 6. The highest BCUT2D eigenvalue weighted by Crippen LogP contribution is 2.25. The Morgan fingerprint density at radius 2 is 2.25 bits per heavy atom. The summed E-state index contributed by atoms with van der Waals surface area (Å²) >= 11 is 6.09. The predicted molar refractivity (Wildman–Crippen MR) is 85.7 cm³/mol. The van der Waals surface area contributed by atoms with Gasteiger partial charge in [-0.05, 0) is 18.6 Å². The number of hydrogen-bond donors (Lipinski definition) is 2. The van der Waals surface area contributed by atoms with Gasteiger partial charge >= 0.3 is 0 Å². The molecule has 1 aromatic heterocycles. The van der Waals surface area contributed by atoms with Crippen molar-refractivity contribution in [2.45, 2.75) is 17.3 Å². The van der Waals surface area contributed by atoms with E-state index < -0.39 is 0 Å². The Labute approximate surface area is 133 Å². The van der Waals surface area contributed by atoms with Gasteiger partial charge in [0, 0.05) is 4.47 Å². The Balaban J connectivity index is 1.87. The average molecular weight is 373 g/mol. The molecule has 0 aliphatic heterocycles. The first-order valence-corrected chi connectivity index (χ1v) is 8.41. The Morgan fingerprint density at radius 1 is 1.50 bits per heavy atom. The molecule has 1 amide bonds. The second-order valence-electron chi connectivity index (χ2n) is 4.01. The van der Waals surface area contributed by atoms with Gasteiger partial charge in [0.15, 0.2) is 4.34 Å². The highest BCUT2D eigenvalue weighted by Gasteiger charge is 2.13. The molecule has 5 nitrogen and oxygen atoms in total. The van der Waals surface area contributed by atoms with Crippen LogP contribution in [0.5, 0.6) is 0 Å². The zero-order valence-corrected chi connectivity index (χ0v) is 13.9. The molecule has 3 N–H and O–H groups in total. The van der Waals surface area contributed by atoms with Crippen molar-refractivity contribution in [1.29, 1.82) is 0 Å². The Morgan fingerprint density at radius 3 is 2.90 bits per heavy atom. The molecule has 2 rings (SSSR count). The first kappa shape index (κ1) is 15.3. The van der Waals surface area contributed by atoms with Crippen LogP contribution in [-0.4, -0.2) is 21.9 Å². The molecule has 0 saturated heterocycles. The molecule has 0 radical (unpaired) electrons. The average Bonchev–Trinajstić information content (AvgIpc) is 2.82. The van der Waals surface area contributed by atoms with Gasteiger partial charge in [0.05, 0.1) is 11.8 Å². The first-order chi connectivity index (χ1) is 9.56.